The third kappa shape index (κ3) is 2.64. The molecule has 0 radical (unpaired) electrons. The Morgan fingerprint density at radius 3 is 2.85 bits per heavy atom. The van der Waals surface area contributed by atoms with Gasteiger partial charge in [-0.3, -0.25) is 4.79 Å². The molecule has 2 heterocycles. The minimum Gasteiger partial charge on any atom is -0.491 e. The quantitative estimate of drug-likeness (QED) is 0.852. The van der Waals surface area contributed by atoms with Crippen LogP contribution in [0.15, 0.2) is 18.2 Å². The molecule has 1 amide bonds. The first kappa shape index (κ1) is 13.4. The summed E-state index contributed by atoms with van der Waals surface area (Å²) in [6.07, 6.45) is 1.95. The largest absolute Gasteiger partial charge is 0.491 e. The van der Waals surface area contributed by atoms with Crippen molar-refractivity contribution in [3.05, 3.63) is 29.3 Å². The molecule has 3 rings (SSSR count). The predicted octanol–water partition coefficient (Wildman–Crippen LogP) is 1.24. The Balaban J connectivity index is 1.85. The molecule has 1 aromatic carbocycles. The minimum absolute atomic E-state index is 0.0553. The van der Waals surface area contributed by atoms with E-state index in [1.54, 1.807) is 0 Å². The van der Waals surface area contributed by atoms with Gasteiger partial charge in [-0.25, -0.2) is 0 Å². The van der Waals surface area contributed by atoms with Crippen LogP contribution < -0.4 is 15.8 Å². The van der Waals surface area contributed by atoms with Crippen molar-refractivity contribution in [2.75, 3.05) is 26.4 Å². The summed E-state index contributed by atoms with van der Waals surface area (Å²) in [5, 5.41) is 2.82. The Morgan fingerprint density at radius 2 is 2.05 bits per heavy atom. The van der Waals surface area contributed by atoms with E-state index in [0.717, 1.165) is 31.6 Å². The molecule has 1 fully saturated rings. The summed E-state index contributed by atoms with van der Waals surface area (Å²) in [4.78, 5) is 12.0. The molecule has 20 heavy (non-hydrogen) atoms. The lowest BCUT2D eigenvalue weighted by atomic mass is 9.87. The van der Waals surface area contributed by atoms with Gasteiger partial charge in [0.1, 0.15) is 12.4 Å². The molecular weight excluding hydrogens is 256 g/mol. The molecule has 5 heteroatoms. The third-order valence-corrected chi connectivity index (χ3v) is 4.05. The van der Waals surface area contributed by atoms with E-state index in [1.807, 2.05) is 18.2 Å². The molecule has 2 aliphatic heterocycles. The van der Waals surface area contributed by atoms with Gasteiger partial charge in [0.05, 0.1) is 12.1 Å². The van der Waals surface area contributed by atoms with Gasteiger partial charge >= 0.3 is 0 Å². The van der Waals surface area contributed by atoms with Crippen LogP contribution in [0.1, 0.15) is 34.8 Å². The molecule has 0 bridgehead atoms. The lowest BCUT2D eigenvalue weighted by molar-refractivity contribution is 0.0583. The lowest BCUT2D eigenvalue weighted by Crippen LogP contribution is -2.28. The van der Waals surface area contributed by atoms with Gasteiger partial charge in [0, 0.05) is 19.3 Å². The summed E-state index contributed by atoms with van der Waals surface area (Å²) in [5.41, 5.74) is 7.94. The number of hydrogen-bond acceptors (Lipinski definition) is 4. The fraction of sp³-hybridized carbons (Fsp3) is 0.533. The Kier molecular flexibility index (Phi) is 3.89. The van der Waals surface area contributed by atoms with Gasteiger partial charge in [-0.1, -0.05) is 6.07 Å². The number of carbonyl (C=O) groups excluding carboxylic acids is 1. The number of carbonyl (C=O) groups is 1. The van der Waals surface area contributed by atoms with Gasteiger partial charge in [0.15, 0.2) is 0 Å². The van der Waals surface area contributed by atoms with E-state index >= 15 is 0 Å². The minimum atomic E-state index is -0.0847. The van der Waals surface area contributed by atoms with Crippen molar-refractivity contribution < 1.29 is 14.3 Å². The van der Waals surface area contributed by atoms with Crippen LogP contribution in [0.2, 0.25) is 0 Å². The Labute approximate surface area is 118 Å². The molecule has 0 aromatic heterocycles. The highest BCUT2D eigenvalue weighted by Gasteiger charge is 2.24. The first-order valence-corrected chi connectivity index (χ1v) is 7.14. The van der Waals surface area contributed by atoms with Crippen LogP contribution in [-0.2, 0) is 4.74 Å². The zero-order valence-electron chi connectivity index (χ0n) is 11.4. The predicted molar refractivity (Wildman–Crippen MR) is 74.7 cm³/mol. The zero-order valence-corrected chi connectivity index (χ0v) is 11.4. The topological polar surface area (TPSA) is 73.6 Å². The van der Waals surface area contributed by atoms with Gasteiger partial charge < -0.3 is 20.5 Å². The number of hydrogen-bond donors (Lipinski definition) is 2. The number of rotatable bonds is 2. The Hall–Kier alpha value is -1.59. The number of benzene rings is 1. The second kappa shape index (κ2) is 5.81. The average Bonchev–Trinajstić information content (AvgIpc) is 2.69. The summed E-state index contributed by atoms with van der Waals surface area (Å²) < 4.78 is 10.9. The molecular formula is C15H20N2O3. The lowest BCUT2D eigenvalue weighted by Gasteiger charge is -2.28. The molecule has 0 spiro atoms. The maximum atomic E-state index is 12.0. The SMILES string of the molecule is NC(c1ccc2c(c1)C(=O)NCCO2)C1CCOCC1. The van der Waals surface area contributed by atoms with Gasteiger partial charge in [-0.15, -0.1) is 0 Å². The van der Waals surface area contributed by atoms with Gasteiger partial charge in [-0.2, -0.15) is 0 Å². The molecule has 2 aliphatic rings. The van der Waals surface area contributed by atoms with Crippen LogP contribution in [0.4, 0.5) is 0 Å². The highest BCUT2D eigenvalue weighted by Crippen LogP contribution is 2.31. The number of nitrogens with one attached hydrogen (secondary N) is 1. The van der Waals surface area contributed by atoms with Crippen LogP contribution in [0.5, 0.6) is 5.75 Å². The summed E-state index contributed by atoms with van der Waals surface area (Å²) in [6, 6.07) is 5.64. The molecule has 5 nitrogen and oxygen atoms in total. The van der Waals surface area contributed by atoms with Crippen molar-refractivity contribution in [2.45, 2.75) is 18.9 Å². The second-order valence-electron chi connectivity index (χ2n) is 5.34. The number of ether oxygens (including phenoxy) is 2. The van der Waals surface area contributed by atoms with Gasteiger partial charge in [0.2, 0.25) is 0 Å². The molecule has 1 saturated heterocycles. The first-order chi connectivity index (χ1) is 9.75. The van der Waals surface area contributed by atoms with Crippen LogP contribution in [0.25, 0.3) is 0 Å². The van der Waals surface area contributed by atoms with Crippen molar-refractivity contribution >= 4 is 5.91 Å². The van der Waals surface area contributed by atoms with E-state index in [1.165, 1.54) is 0 Å². The van der Waals surface area contributed by atoms with E-state index in [-0.39, 0.29) is 11.9 Å². The highest BCUT2D eigenvalue weighted by molar-refractivity contribution is 5.97. The van der Waals surface area contributed by atoms with Crippen LogP contribution >= 0.6 is 0 Å². The van der Waals surface area contributed by atoms with Gasteiger partial charge in [0.25, 0.3) is 5.91 Å². The van der Waals surface area contributed by atoms with E-state index in [9.17, 15) is 4.79 Å². The summed E-state index contributed by atoms with van der Waals surface area (Å²) in [5.74, 6) is 0.970. The normalized spacial score (nSPS) is 21.4. The van der Waals surface area contributed by atoms with Crippen molar-refractivity contribution in [3.63, 3.8) is 0 Å². The third-order valence-electron chi connectivity index (χ3n) is 4.05. The molecule has 108 valence electrons. The second-order valence-corrected chi connectivity index (χ2v) is 5.34. The number of fused-ring (bicyclic) bond motifs is 1. The molecule has 0 aliphatic carbocycles. The summed E-state index contributed by atoms with van der Waals surface area (Å²) in [6.45, 7) is 2.58. The van der Waals surface area contributed by atoms with Crippen molar-refractivity contribution in [3.8, 4) is 5.75 Å². The Morgan fingerprint density at radius 1 is 1.25 bits per heavy atom. The van der Waals surface area contributed by atoms with E-state index in [4.69, 9.17) is 15.2 Å². The first-order valence-electron chi connectivity index (χ1n) is 7.14. The summed E-state index contributed by atoms with van der Waals surface area (Å²) in [7, 11) is 0. The molecule has 3 N–H and O–H groups in total. The number of nitrogens with two attached hydrogens (primary N) is 1. The summed E-state index contributed by atoms with van der Waals surface area (Å²) >= 11 is 0. The van der Waals surface area contributed by atoms with E-state index < -0.39 is 0 Å². The van der Waals surface area contributed by atoms with Crippen LogP contribution in [0, 0.1) is 5.92 Å². The fourth-order valence-corrected chi connectivity index (χ4v) is 2.83. The monoisotopic (exact) mass is 276 g/mol. The standard InChI is InChI=1S/C15H20N2O3/c16-14(10-3-6-19-7-4-10)11-1-2-13-12(9-11)15(18)17-5-8-20-13/h1-2,9-10,14H,3-8,16H2,(H,17,18). The highest BCUT2D eigenvalue weighted by atomic mass is 16.5. The van der Waals surface area contributed by atoms with Crippen LogP contribution in [-0.4, -0.2) is 32.3 Å². The smallest absolute Gasteiger partial charge is 0.255 e. The van der Waals surface area contributed by atoms with Crippen molar-refractivity contribution in [1.29, 1.82) is 0 Å². The molecule has 0 saturated carbocycles. The van der Waals surface area contributed by atoms with Gasteiger partial charge in [-0.05, 0) is 36.5 Å². The zero-order chi connectivity index (χ0) is 13.9. The molecule has 1 atom stereocenters. The fourth-order valence-electron chi connectivity index (χ4n) is 2.83. The maximum Gasteiger partial charge on any atom is 0.255 e. The van der Waals surface area contributed by atoms with Crippen molar-refractivity contribution in [2.24, 2.45) is 11.7 Å². The van der Waals surface area contributed by atoms with Crippen LogP contribution in [0.3, 0.4) is 0 Å². The number of amides is 1. The average molecular weight is 276 g/mol. The maximum absolute atomic E-state index is 12.0. The van der Waals surface area contributed by atoms with E-state index in [0.29, 0.717) is 30.4 Å². The molecule has 1 aromatic rings. The van der Waals surface area contributed by atoms with Crippen molar-refractivity contribution in [1.82, 2.24) is 5.32 Å². The Bertz CT molecular complexity index is 498. The molecule has 1 unspecified atom stereocenters. The van der Waals surface area contributed by atoms with E-state index in [2.05, 4.69) is 5.32 Å².